The van der Waals surface area contributed by atoms with E-state index in [1.54, 1.807) is 24.3 Å². The largest absolute Gasteiger partial charge is 0.386 e. The molecule has 1 aliphatic rings. The lowest BCUT2D eigenvalue weighted by Crippen LogP contribution is -2.19. The second kappa shape index (κ2) is 4.23. The summed E-state index contributed by atoms with van der Waals surface area (Å²) >= 11 is 0. The topological polar surface area (TPSA) is 69.4 Å². The monoisotopic (exact) mass is 251 g/mol. The first-order chi connectivity index (χ1) is 9.22. The second-order valence-corrected chi connectivity index (χ2v) is 4.07. The molecule has 1 heterocycles. The third-order valence-electron chi connectivity index (χ3n) is 2.99. The van der Waals surface area contributed by atoms with E-state index in [0.717, 1.165) is 10.9 Å². The SMILES string of the molecule is NCC#Cc1ccc2c3c(cccc13)C(=O)OC2=O. The number of carbonyl (C=O) groups excluding carboxylic acids is 2. The Bertz CT molecular complexity index is 761. The highest BCUT2D eigenvalue weighted by Crippen LogP contribution is 2.30. The molecule has 2 aromatic carbocycles. The number of benzene rings is 2. The molecule has 0 saturated carbocycles. The fraction of sp³-hybridized carbons (Fsp3) is 0.0667. The number of ether oxygens (including phenoxy) is 1. The van der Waals surface area contributed by atoms with Gasteiger partial charge in [0.15, 0.2) is 0 Å². The van der Waals surface area contributed by atoms with E-state index in [1.807, 2.05) is 6.07 Å². The van der Waals surface area contributed by atoms with Gasteiger partial charge in [0.25, 0.3) is 0 Å². The predicted molar refractivity (Wildman–Crippen MR) is 69.6 cm³/mol. The molecule has 0 atom stereocenters. The molecule has 0 bridgehead atoms. The molecule has 4 heteroatoms. The van der Waals surface area contributed by atoms with Gasteiger partial charge in [-0.15, -0.1) is 0 Å². The number of hydrogen-bond acceptors (Lipinski definition) is 4. The minimum Gasteiger partial charge on any atom is -0.386 e. The summed E-state index contributed by atoms with van der Waals surface area (Å²) in [4.78, 5) is 23.4. The van der Waals surface area contributed by atoms with Crippen molar-refractivity contribution in [3.63, 3.8) is 0 Å². The van der Waals surface area contributed by atoms with Crippen LogP contribution in [0, 0.1) is 11.8 Å². The van der Waals surface area contributed by atoms with Crippen LogP contribution in [0.25, 0.3) is 10.8 Å². The minimum atomic E-state index is -0.618. The standard InChI is InChI=1S/C15H9NO3/c16-8-2-3-9-6-7-12-13-10(9)4-1-5-11(13)14(17)19-15(12)18/h1,4-7H,8,16H2. The van der Waals surface area contributed by atoms with Gasteiger partial charge in [0.05, 0.1) is 17.7 Å². The van der Waals surface area contributed by atoms with Crippen molar-refractivity contribution in [3.8, 4) is 11.8 Å². The van der Waals surface area contributed by atoms with E-state index in [1.165, 1.54) is 0 Å². The van der Waals surface area contributed by atoms with Gasteiger partial charge in [-0.05, 0) is 23.6 Å². The Hall–Kier alpha value is -2.64. The minimum absolute atomic E-state index is 0.254. The third-order valence-corrected chi connectivity index (χ3v) is 2.99. The van der Waals surface area contributed by atoms with Crippen LogP contribution < -0.4 is 5.73 Å². The lowest BCUT2D eigenvalue weighted by atomic mass is 9.94. The normalized spacial score (nSPS) is 12.9. The van der Waals surface area contributed by atoms with Crippen LogP contribution in [0.4, 0.5) is 0 Å². The highest BCUT2D eigenvalue weighted by atomic mass is 16.6. The van der Waals surface area contributed by atoms with Gasteiger partial charge in [0.2, 0.25) is 0 Å². The van der Waals surface area contributed by atoms with Crippen molar-refractivity contribution in [2.75, 3.05) is 6.54 Å². The average molecular weight is 251 g/mol. The molecule has 0 spiro atoms. The first-order valence-electron chi connectivity index (χ1n) is 5.73. The smallest absolute Gasteiger partial charge is 0.346 e. The zero-order valence-electron chi connectivity index (χ0n) is 9.90. The van der Waals surface area contributed by atoms with Gasteiger partial charge < -0.3 is 10.5 Å². The maximum absolute atomic E-state index is 11.7. The summed E-state index contributed by atoms with van der Waals surface area (Å²) in [6.45, 7) is 0.254. The summed E-state index contributed by atoms with van der Waals surface area (Å²) in [6, 6.07) is 8.57. The van der Waals surface area contributed by atoms with Crippen LogP contribution >= 0.6 is 0 Å². The number of esters is 2. The molecule has 3 rings (SSSR count). The zero-order chi connectivity index (χ0) is 13.4. The van der Waals surface area contributed by atoms with E-state index in [9.17, 15) is 9.59 Å². The highest BCUT2D eigenvalue weighted by molar-refractivity contribution is 6.21. The Morgan fingerprint density at radius 3 is 2.53 bits per heavy atom. The fourth-order valence-electron chi connectivity index (χ4n) is 2.20. The van der Waals surface area contributed by atoms with Crippen LogP contribution in [0.3, 0.4) is 0 Å². The number of cyclic esters (lactones) is 2. The van der Waals surface area contributed by atoms with Crippen LogP contribution in [0.2, 0.25) is 0 Å². The molecule has 1 aliphatic heterocycles. The van der Waals surface area contributed by atoms with Crippen molar-refractivity contribution in [3.05, 3.63) is 47.0 Å². The van der Waals surface area contributed by atoms with Crippen LogP contribution in [-0.4, -0.2) is 18.5 Å². The molecule has 0 unspecified atom stereocenters. The summed E-state index contributed by atoms with van der Waals surface area (Å²) in [6.07, 6.45) is 0. The Labute approximate surface area is 109 Å². The fourth-order valence-corrected chi connectivity index (χ4v) is 2.20. The van der Waals surface area contributed by atoms with Gasteiger partial charge in [0, 0.05) is 10.9 Å². The molecule has 0 amide bonds. The van der Waals surface area contributed by atoms with Crippen LogP contribution in [-0.2, 0) is 4.74 Å². The number of nitrogens with two attached hydrogens (primary N) is 1. The van der Waals surface area contributed by atoms with E-state index in [0.29, 0.717) is 16.5 Å². The second-order valence-electron chi connectivity index (χ2n) is 4.07. The average Bonchev–Trinajstić information content (AvgIpc) is 2.42. The first-order valence-corrected chi connectivity index (χ1v) is 5.73. The van der Waals surface area contributed by atoms with Crippen molar-refractivity contribution < 1.29 is 14.3 Å². The van der Waals surface area contributed by atoms with Gasteiger partial charge in [0.1, 0.15) is 0 Å². The van der Waals surface area contributed by atoms with E-state index < -0.39 is 11.9 Å². The lowest BCUT2D eigenvalue weighted by molar-refractivity contribution is 0.0391. The summed E-state index contributed by atoms with van der Waals surface area (Å²) < 4.78 is 4.69. The van der Waals surface area contributed by atoms with Crippen molar-refractivity contribution in [1.82, 2.24) is 0 Å². The van der Waals surface area contributed by atoms with Gasteiger partial charge in [-0.1, -0.05) is 24.0 Å². The van der Waals surface area contributed by atoms with E-state index in [4.69, 9.17) is 10.5 Å². The van der Waals surface area contributed by atoms with E-state index in [2.05, 4.69) is 11.8 Å². The molecular formula is C15H9NO3. The van der Waals surface area contributed by atoms with Crippen LogP contribution in [0.15, 0.2) is 30.3 Å². The van der Waals surface area contributed by atoms with Crippen LogP contribution in [0.1, 0.15) is 26.3 Å². The van der Waals surface area contributed by atoms with Gasteiger partial charge in [-0.3, -0.25) is 0 Å². The Balaban J connectivity index is 2.42. The van der Waals surface area contributed by atoms with Gasteiger partial charge >= 0.3 is 11.9 Å². The van der Waals surface area contributed by atoms with Gasteiger partial charge in [-0.2, -0.15) is 0 Å². The molecule has 0 fully saturated rings. The zero-order valence-corrected chi connectivity index (χ0v) is 9.90. The van der Waals surface area contributed by atoms with Crippen molar-refractivity contribution in [1.29, 1.82) is 0 Å². The Morgan fingerprint density at radius 2 is 1.79 bits per heavy atom. The first kappa shape index (κ1) is 11.5. The molecule has 92 valence electrons. The highest BCUT2D eigenvalue weighted by Gasteiger charge is 2.27. The molecule has 19 heavy (non-hydrogen) atoms. The summed E-state index contributed by atoms with van der Waals surface area (Å²) in [5.41, 5.74) is 6.89. The Morgan fingerprint density at radius 1 is 1.05 bits per heavy atom. The van der Waals surface area contributed by atoms with Crippen LogP contribution in [0.5, 0.6) is 0 Å². The summed E-state index contributed by atoms with van der Waals surface area (Å²) in [7, 11) is 0. The van der Waals surface area contributed by atoms with Crippen molar-refractivity contribution in [2.24, 2.45) is 5.73 Å². The molecule has 0 saturated heterocycles. The van der Waals surface area contributed by atoms with Crippen molar-refractivity contribution >= 4 is 22.7 Å². The molecular weight excluding hydrogens is 242 g/mol. The maximum atomic E-state index is 11.7. The molecule has 4 nitrogen and oxygen atoms in total. The maximum Gasteiger partial charge on any atom is 0.346 e. The third kappa shape index (κ3) is 1.68. The molecule has 0 aliphatic carbocycles. The molecule has 0 radical (unpaired) electrons. The number of carbonyl (C=O) groups is 2. The quantitative estimate of drug-likeness (QED) is 0.437. The van der Waals surface area contributed by atoms with E-state index >= 15 is 0 Å². The number of rotatable bonds is 0. The van der Waals surface area contributed by atoms with Crippen molar-refractivity contribution in [2.45, 2.75) is 0 Å². The Kier molecular flexibility index (Phi) is 2.55. The predicted octanol–water partition coefficient (Wildman–Crippen LogP) is 1.46. The molecule has 0 aromatic heterocycles. The summed E-state index contributed by atoms with van der Waals surface area (Å²) in [5, 5.41) is 1.37. The summed E-state index contributed by atoms with van der Waals surface area (Å²) in [5.74, 6) is 4.47. The molecule has 2 N–H and O–H groups in total. The van der Waals surface area contributed by atoms with Gasteiger partial charge in [-0.25, -0.2) is 9.59 Å². The van der Waals surface area contributed by atoms with E-state index in [-0.39, 0.29) is 6.54 Å². The lowest BCUT2D eigenvalue weighted by Gasteiger charge is -2.15. The molecule has 2 aromatic rings. The number of hydrogen-bond donors (Lipinski definition) is 1.